The van der Waals surface area contributed by atoms with E-state index in [1.54, 1.807) is 0 Å². The molecule has 0 amide bonds. The number of hydrogen-bond acceptors (Lipinski definition) is 4. The van der Waals surface area contributed by atoms with Crippen LogP contribution in [0.5, 0.6) is 0 Å². The van der Waals surface area contributed by atoms with Crippen molar-refractivity contribution < 1.29 is 0 Å². The summed E-state index contributed by atoms with van der Waals surface area (Å²) in [6.07, 6.45) is 1.09. The molecule has 0 saturated carbocycles. The molecule has 4 heteroatoms. The third-order valence-electron chi connectivity index (χ3n) is 2.35. The van der Waals surface area contributed by atoms with Gasteiger partial charge in [0.15, 0.2) is 0 Å². The second-order valence-electron chi connectivity index (χ2n) is 4.85. The summed E-state index contributed by atoms with van der Waals surface area (Å²) in [5.41, 5.74) is 2.02. The Bertz CT molecular complexity index is 316. The molecule has 0 aliphatic heterocycles. The third kappa shape index (κ3) is 6.22. The predicted octanol–water partition coefficient (Wildman–Crippen LogP) is 2.14. The number of anilines is 1. The first-order chi connectivity index (χ1) is 8.08. The van der Waals surface area contributed by atoms with E-state index in [4.69, 9.17) is 0 Å². The summed E-state index contributed by atoms with van der Waals surface area (Å²) in [6.45, 7) is 11.4. The Morgan fingerprint density at radius 1 is 1.12 bits per heavy atom. The Morgan fingerprint density at radius 2 is 1.76 bits per heavy atom. The number of aryl methyl sites for hydroxylation is 2. The molecule has 0 spiro atoms. The van der Waals surface area contributed by atoms with Gasteiger partial charge in [-0.1, -0.05) is 13.8 Å². The summed E-state index contributed by atoms with van der Waals surface area (Å²) < 4.78 is 0. The van der Waals surface area contributed by atoms with E-state index in [0.717, 1.165) is 43.4 Å². The van der Waals surface area contributed by atoms with E-state index >= 15 is 0 Å². The van der Waals surface area contributed by atoms with Crippen LogP contribution in [0.25, 0.3) is 0 Å². The Hall–Kier alpha value is -1.16. The molecule has 1 heterocycles. The van der Waals surface area contributed by atoms with Gasteiger partial charge in [0, 0.05) is 17.9 Å². The van der Waals surface area contributed by atoms with Crippen LogP contribution in [0.3, 0.4) is 0 Å². The molecule has 0 fully saturated rings. The quantitative estimate of drug-likeness (QED) is 0.712. The molecular weight excluding hydrogens is 212 g/mol. The lowest BCUT2D eigenvalue weighted by Crippen LogP contribution is -2.22. The summed E-state index contributed by atoms with van der Waals surface area (Å²) in [7, 11) is 0. The third-order valence-corrected chi connectivity index (χ3v) is 2.35. The van der Waals surface area contributed by atoms with Crippen LogP contribution in [-0.4, -0.2) is 29.6 Å². The molecule has 96 valence electrons. The molecule has 0 aliphatic rings. The molecular formula is C13H24N4. The molecule has 0 saturated heterocycles. The van der Waals surface area contributed by atoms with Gasteiger partial charge in [0.1, 0.15) is 0 Å². The largest absolute Gasteiger partial charge is 0.354 e. The van der Waals surface area contributed by atoms with Gasteiger partial charge in [-0.3, -0.25) is 0 Å². The first-order valence-electron chi connectivity index (χ1n) is 6.35. The zero-order valence-corrected chi connectivity index (χ0v) is 11.4. The van der Waals surface area contributed by atoms with Gasteiger partial charge in [0.05, 0.1) is 0 Å². The van der Waals surface area contributed by atoms with Crippen molar-refractivity contribution in [2.75, 3.05) is 25.0 Å². The summed E-state index contributed by atoms with van der Waals surface area (Å²) in [6, 6.07) is 1.98. The average Bonchev–Trinajstić information content (AvgIpc) is 2.21. The van der Waals surface area contributed by atoms with Crippen molar-refractivity contribution in [2.45, 2.75) is 34.1 Å². The zero-order valence-electron chi connectivity index (χ0n) is 11.4. The molecule has 17 heavy (non-hydrogen) atoms. The van der Waals surface area contributed by atoms with Crippen LogP contribution in [0.4, 0.5) is 5.95 Å². The van der Waals surface area contributed by atoms with Crippen molar-refractivity contribution in [1.82, 2.24) is 15.3 Å². The maximum atomic E-state index is 4.34. The molecule has 1 rings (SSSR count). The number of hydrogen-bond donors (Lipinski definition) is 2. The van der Waals surface area contributed by atoms with Gasteiger partial charge in [-0.05, 0) is 45.3 Å². The van der Waals surface area contributed by atoms with E-state index in [2.05, 4.69) is 34.4 Å². The topological polar surface area (TPSA) is 49.8 Å². The van der Waals surface area contributed by atoms with E-state index in [9.17, 15) is 0 Å². The van der Waals surface area contributed by atoms with Gasteiger partial charge in [-0.2, -0.15) is 0 Å². The summed E-state index contributed by atoms with van der Waals surface area (Å²) >= 11 is 0. The van der Waals surface area contributed by atoms with E-state index in [1.165, 1.54) is 0 Å². The van der Waals surface area contributed by atoms with Crippen LogP contribution < -0.4 is 10.6 Å². The van der Waals surface area contributed by atoms with Gasteiger partial charge < -0.3 is 10.6 Å². The van der Waals surface area contributed by atoms with Crippen molar-refractivity contribution >= 4 is 5.95 Å². The van der Waals surface area contributed by atoms with Crippen molar-refractivity contribution in [2.24, 2.45) is 5.92 Å². The second-order valence-corrected chi connectivity index (χ2v) is 4.85. The van der Waals surface area contributed by atoms with Crippen molar-refractivity contribution in [3.05, 3.63) is 17.5 Å². The van der Waals surface area contributed by atoms with Crippen molar-refractivity contribution in [1.29, 1.82) is 0 Å². The van der Waals surface area contributed by atoms with Crippen LogP contribution in [0.15, 0.2) is 6.07 Å². The molecule has 0 bridgehead atoms. The normalized spacial score (nSPS) is 10.9. The summed E-state index contributed by atoms with van der Waals surface area (Å²) in [5.74, 6) is 1.46. The Balaban J connectivity index is 2.18. The second kappa shape index (κ2) is 7.22. The smallest absolute Gasteiger partial charge is 0.223 e. The summed E-state index contributed by atoms with van der Waals surface area (Å²) in [5, 5.41) is 6.67. The minimum absolute atomic E-state index is 0.714. The molecule has 4 nitrogen and oxygen atoms in total. The lowest BCUT2D eigenvalue weighted by Gasteiger charge is -2.08. The standard InChI is InChI=1S/C13H24N4/c1-10(2)9-14-6-5-7-15-13-16-11(3)8-12(4)17-13/h8,10,14H,5-7,9H2,1-4H3,(H,15,16,17). The van der Waals surface area contributed by atoms with E-state index in [0.29, 0.717) is 5.92 Å². The molecule has 0 aromatic carbocycles. The van der Waals surface area contributed by atoms with Gasteiger partial charge >= 0.3 is 0 Å². The molecule has 1 aromatic heterocycles. The van der Waals surface area contributed by atoms with Crippen LogP contribution >= 0.6 is 0 Å². The minimum atomic E-state index is 0.714. The van der Waals surface area contributed by atoms with Crippen LogP contribution in [0, 0.1) is 19.8 Å². The highest BCUT2D eigenvalue weighted by atomic mass is 15.1. The minimum Gasteiger partial charge on any atom is -0.354 e. The van der Waals surface area contributed by atoms with Crippen LogP contribution in [0.2, 0.25) is 0 Å². The molecule has 2 N–H and O–H groups in total. The van der Waals surface area contributed by atoms with Crippen molar-refractivity contribution in [3.63, 3.8) is 0 Å². The highest BCUT2D eigenvalue weighted by Crippen LogP contribution is 2.03. The number of aromatic nitrogens is 2. The maximum absolute atomic E-state index is 4.34. The Morgan fingerprint density at radius 3 is 2.35 bits per heavy atom. The Kier molecular flexibility index (Phi) is 5.91. The lowest BCUT2D eigenvalue weighted by molar-refractivity contribution is 0.547. The van der Waals surface area contributed by atoms with Crippen LogP contribution in [-0.2, 0) is 0 Å². The fraction of sp³-hybridized carbons (Fsp3) is 0.692. The number of nitrogens with zero attached hydrogens (tertiary/aromatic N) is 2. The zero-order chi connectivity index (χ0) is 12.7. The lowest BCUT2D eigenvalue weighted by atomic mass is 10.2. The number of rotatable bonds is 7. The first kappa shape index (κ1) is 13.9. The van der Waals surface area contributed by atoms with E-state index in [-0.39, 0.29) is 0 Å². The van der Waals surface area contributed by atoms with E-state index in [1.807, 2.05) is 19.9 Å². The van der Waals surface area contributed by atoms with Crippen LogP contribution in [0.1, 0.15) is 31.7 Å². The molecule has 0 radical (unpaired) electrons. The summed E-state index contributed by atoms with van der Waals surface area (Å²) in [4.78, 5) is 8.67. The van der Waals surface area contributed by atoms with Gasteiger partial charge in [0.25, 0.3) is 0 Å². The molecule has 1 aromatic rings. The fourth-order valence-electron chi connectivity index (χ4n) is 1.61. The molecule has 0 atom stereocenters. The van der Waals surface area contributed by atoms with Crippen molar-refractivity contribution in [3.8, 4) is 0 Å². The van der Waals surface area contributed by atoms with Gasteiger partial charge in [-0.25, -0.2) is 9.97 Å². The predicted molar refractivity (Wildman–Crippen MR) is 72.3 cm³/mol. The first-order valence-corrected chi connectivity index (χ1v) is 6.35. The van der Waals surface area contributed by atoms with Gasteiger partial charge in [-0.15, -0.1) is 0 Å². The maximum Gasteiger partial charge on any atom is 0.223 e. The monoisotopic (exact) mass is 236 g/mol. The van der Waals surface area contributed by atoms with E-state index < -0.39 is 0 Å². The average molecular weight is 236 g/mol. The fourth-order valence-corrected chi connectivity index (χ4v) is 1.61. The molecule has 0 aliphatic carbocycles. The highest BCUT2D eigenvalue weighted by Gasteiger charge is 1.98. The SMILES string of the molecule is Cc1cc(C)nc(NCCCNCC(C)C)n1. The van der Waals surface area contributed by atoms with Gasteiger partial charge in [0.2, 0.25) is 5.95 Å². The molecule has 0 unspecified atom stereocenters. The Labute approximate surface area is 104 Å². The highest BCUT2D eigenvalue weighted by molar-refractivity contribution is 5.27. The number of nitrogens with one attached hydrogen (secondary N) is 2.